The highest BCUT2D eigenvalue weighted by Gasteiger charge is 2.21. The van der Waals surface area contributed by atoms with E-state index in [0.717, 1.165) is 13.2 Å². The van der Waals surface area contributed by atoms with Crippen LogP contribution in [0, 0.1) is 13.8 Å². The molecule has 0 radical (unpaired) electrons. The van der Waals surface area contributed by atoms with Crippen LogP contribution in [-0.2, 0) is 9.47 Å². The molecule has 1 aromatic rings. The van der Waals surface area contributed by atoms with E-state index in [2.05, 4.69) is 37.4 Å². The molecule has 1 aromatic carbocycles. The summed E-state index contributed by atoms with van der Waals surface area (Å²) in [5.74, 6) is 0. The largest absolute Gasteiger partial charge is 0.376 e. The van der Waals surface area contributed by atoms with Crippen LogP contribution in [-0.4, -0.2) is 33.0 Å². The highest BCUT2D eigenvalue weighted by Crippen LogP contribution is 2.20. The molecule has 0 aliphatic carbocycles. The Labute approximate surface area is 103 Å². The van der Waals surface area contributed by atoms with Gasteiger partial charge in [0.05, 0.1) is 25.9 Å². The van der Waals surface area contributed by atoms with Gasteiger partial charge in [0.2, 0.25) is 0 Å². The third-order valence-corrected chi connectivity index (χ3v) is 3.26. The first kappa shape index (κ1) is 12.6. The third kappa shape index (κ3) is 3.06. The fourth-order valence-corrected chi connectivity index (χ4v) is 2.09. The van der Waals surface area contributed by atoms with Crippen LogP contribution in [0.25, 0.3) is 0 Å². The number of ether oxygens (including phenoxy) is 2. The van der Waals surface area contributed by atoms with Gasteiger partial charge in [-0.15, -0.1) is 0 Å². The standard InChI is InChI=1S/C14H21NO2/c1-10-4-5-13(11(2)6-10)14(15-3)9-17-12-7-16-8-12/h4-6,12,14-15H,7-9H2,1-3H3. The van der Waals surface area contributed by atoms with Gasteiger partial charge in [0.15, 0.2) is 0 Å². The van der Waals surface area contributed by atoms with E-state index in [9.17, 15) is 0 Å². The Morgan fingerprint density at radius 3 is 2.71 bits per heavy atom. The molecule has 1 N–H and O–H groups in total. The maximum atomic E-state index is 5.78. The van der Waals surface area contributed by atoms with E-state index in [1.165, 1.54) is 16.7 Å². The molecular weight excluding hydrogens is 214 g/mol. The monoisotopic (exact) mass is 235 g/mol. The first-order chi connectivity index (χ1) is 8.20. The van der Waals surface area contributed by atoms with Gasteiger partial charge in [-0.25, -0.2) is 0 Å². The second-order valence-electron chi connectivity index (χ2n) is 4.69. The second-order valence-corrected chi connectivity index (χ2v) is 4.69. The van der Waals surface area contributed by atoms with E-state index in [4.69, 9.17) is 9.47 Å². The minimum Gasteiger partial charge on any atom is -0.376 e. The van der Waals surface area contributed by atoms with E-state index < -0.39 is 0 Å². The number of nitrogens with one attached hydrogen (secondary N) is 1. The molecule has 1 heterocycles. The van der Waals surface area contributed by atoms with Crippen molar-refractivity contribution in [2.75, 3.05) is 26.9 Å². The zero-order valence-corrected chi connectivity index (χ0v) is 10.8. The molecule has 94 valence electrons. The molecule has 2 rings (SSSR count). The number of hydrogen-bond acceptors (Lipinski definition) is 3. The molecule has 1 unspecified atom stereocenters. The molecule has 1 aliphatic rings. The van der Waals surface area contributed by atoms with Crippen LogP contribution in [0.2, 0.25) is 0 Å². The molecule has 0 aromatic heterocycles. The van der Waals surface area contributed by atoms with Crippen molar-refractivity contribution in [1.82, 2.24) is 5.32 Å². The smallest absolute Gasteiger partial charge is 0.104 e. The lowest BCUT2D eigenvalue weighted by atomic mass is 10.00. The van der Waals surface area contributed by atoms with Gasteiger partial charge in [0.25, 0.3) is 0 Å². The van der Waals surface area contributed by atoms with Crippen LogP contribution >= 0.6 is 0 Å². The zero-order valence-electron chi connectivity index (χ0n) is 10.8. The van der Waals surface area contributed by atoms with Gasteiger partial charge in [0, 0.05) is 0 Å². The van der Waals surface area contributed by atoms with Gasteiger partial charge >= 0.3 is 0 Å². The van der Waals surface area contributed by atoms with Crippen LogP contribution in [0.15, 0.2) is 18.2 Å². The molecule has 3 heteroatoms. The lowest BCUT2D eigenvalue weighted by Gasteiger charge is -2.28. The molecular formula is C14H21NO2. The first-order valence-electron chi connectivity index (χ1n) is 6.14. The molecule has 1 fully saturated rings. The van der Waals surface area contributed by atoms with E-state index in [-0.39, 0.29) is 12.1 Å². The summed E-state index contributed by atoms with van der Waals surface area (Å²) in [7, 11) is 1.98. The lowest BCUT2D eigenvalue weighted by Crippen LogP contribution is -2.38. The van der Waals surface area contributed by atoms with E-state index in [0.29, 0.717) is 6.61 Å². The van der Waals surface area contributed by atoms with Crippen molar-refractivity contribution in [3.8, 4) is 0 Å². The molecule has 1 saturated heterocycles. The topological polar surface area (TPSA) is 30.5 Å². The Balaban J connectivity index is 2.00. The Kier molecular flexibility index (Phi) is 4.15. The Hall–Kier alpha value is -0.900. The highest BCUT2D eigenvalue weighted by molar-refractivity contribution is 5.32. The van der Waals surface area contributed by atoms with Crippen molar-refractivity contribution < 1.29 is 9.47 Å². The molecule has 3 nitrogen and oxygen atoms in total. The summed E-state index contributed by atoms with van der Waals surface area (Å²) in [5.41, 5.74) is 3.94. The van der Waals surface area contributed by atoms with Crippen molar-refractivity contribution in [3.63, 3.8) is 0 Å². The van der Waals surface area contributed by atoms with Crippen LogP contribution in [0.4, 0.5) is 0 Å². The van der Waals surface area contributed by atoms with E-state index in [1.807, 2.05) is 7.05 Å². The Morgan fingerprint density at radius 2 is 2.18 bits per heavy atom. The average molecular weight is 235 g/mol. The van der Waals surface area contributed by atoms with Gasteiger partial charge in [-0.1, -0.05) is 23.8 Å². The van der Waals surface area contributed by atoms with Crippen molar-refractivity contribution in [1.29, 1.82) is 0 Å². The summed E-state index contributed by atoms with van der Waals surface area (Å²) in [6.45, 7) is 6.45. The first-order valence-corrected chi connectivity index (χ1v) is 6.14. The zero-order chi connectivity index (χ0) is 12.3. The van der Waals surface area contributed by atoms with Crippen LogP contribution < -0.4 is 5.32 Å². The fourth-order valence-electron chi connectivity index (χ4n) is 2.09. The highest BCUT2D eigenvalue weighted by atomic mass is 16.6. The number of benzene rings is 1. The van der Waals surface area contributed by atoms with Gasteiger partial charge in [0.1, 0.15) is 6.10 Å². The van der Waals surface area contributed by atoms with Crippen molar-refractivity contribution in [3.05, 3.63) is 34.9 Å². The van der Waals surface area contributed by atoms with Crippen molar-refractivity contribution in [2.24, 2.45) is 0 Å². The van der Waals surface area contributed by atoms with E-state index in [1.54, 1.807) is 0 Å². The number of rotatable bonds is 5. The van der Waals surface area contributed by atoms with Crippen LogP contribution in [0.5, 0.6) is 0 Å². The predicted molar refractivity (Wildman–Crippen MR) is 68.3 cm³/mol. The molecule has 0 amide bonds. The van der Waals surface area contributed by atoms with Gasteiger partial charge in [-0.2, -0.15) is 0 Å². The third-order valence-electron chi connectivity index (χ3n) is 3.26. The molecule has 0 spiro atoms. The van der Waals surface area contributed by atoms with Gasteiger partial charge in [-0.3, -0.25) is 0 Å². The van der Waals surface area contributed by atoms with Crippen LogP contribution in [0.1, 0.15) is 22.7 Å². The second kappa shape index (κ2) is 5.63. The normalized spacial score (nSPS) is 17.8. The minimum absolute atomic E-state index is 0.260. The number of aryl methyl sites for hydroxylation is 2. The van der Waals surface area contributed by atoms with E-state index >= 15 is 0 Å². The number of hydrogen-bond donors (Lipinski definition) is 1. The SMILES string of the molecule is CNC(COC1COC1)c1ccc(C)cc1C. The molecule has 0 saturated carbocycles. The fraction of sp³-hybridized carbons (Fsp3) is 0.571. The minimum atomic E-state index is 0.260. The molecule has 0 bridgehead atoms. The molecule has 1 atom stereocenters. The molecule has 17 heavy (non-hydrogen) atoms. The van der Waals surface area contributed by atoms with Gasteiger partial charge < -0.3 is 14.8 Å². The Morgan fingerprint density at radius 1 is 1.41 bits per heavy atom. The van der Waals surface area contributed by atoms with Crippen LogP contribution in [0.3, 0.4) is 0 Å². The number of likely N-dealkylation sites (N-methyl/N-ethyl adjacent to an activating group) is 1. The summed E-state index contributed by atoms with van der Waals surface area (Å²) in [6.07, 6.45) is 0.289. The predicted octanol–water partition coefficient (Wildman–Crippen LogP) is 1.98. The lowest BCUT2D eigenvalue weighted by molar-refractivity contribution is -0.133. The maximum Gasteiger partial charge on any atom is 0.104 e. The summed E-state index contributed by atoms with van der Waals surface area (Å²) >= 11 is 0. The maximum absolute atomic E-state index is 5.78. The summed E-state index contributed by atoms with van der Waals surface area (Å²) in [6, 6.07) is 6.81. The quantitative estimate of drug-likeness (QED) is 0.846. The average Bonchev–Trinajstić information content (AvgIpc) is 2.23. The summed E-state index contributed by atoms with van der Waals surface area (Å²) < 4.78 is 10.9. The summed E-state index contributed by atoms with van der Waals surface area (Å²) in [5, 5.41) is 3.32. The van der Waals surface area contributed by atoms with Crippen molar-refractivity contribution >= 4 is 0 Å². The Bertz CT molecular complexity index is 374. The molecule has 1 aliphatic heterocycles. The van der Waals surface area contributed by atoms with Crippen molar-refractivity contribution in [2.45, 2.75) is 26.0 Å². The van der Waals surface area contributed by atoms with Gasteiger partial charge in [-0.05, 0) is 32.0 Å². The summed E-state index contributed by atoms with van der Waals surface area (Å²) in [4.78, 5) is 0.